The van der Waals surface area contributed by atoms with Gasteiger partial charge < -0.3 is 0 Å². The minimum Gasteiger partial charge on any atom is -0.0654 e. The van der Waals surface area contributed by atoms with Gasteiger partial charge in [0.15, 0.2) is 0 Å². The lowest BCUT2D eigenvalue weighted by Gasteiger charge is -2.10. The van der Waals surface area contributed by atoms with Crippen LogP contribution in [0.15, 0.2) is 78.9 Å². The summed E-state index contributed by atoms with van der Waals surface area (Å²) >= 11 is 0. The topological polar surface area (TPSA) is 0 Å². The normalized spacial score (nSPS) is 10.7. The molecule has 0 spiro atoms. The monoisotopic (exact) mass is 314 g/mol. The number of hydrogen-bond donors (Lipinski definition) is 0. The second-order valence-electron chi connectivity index (χ2n) is 6.44. The summed E-state index contributed by atoms with van der Waals surface area (Å²) in [5, 5.41) is 0. The lowest BCUT2D eigenvalue weighted by atomic mass is 9.95. The number of unbranched alkanes of at least 4 members (excludes halogenated alkanes) is 1. The van der Waals surface area contributed by atoms with Crippen molar-refractivity contribution >= 4 is 0 Å². The summed E-state index contributed by atoms with van der Waals surface area (Å²) in [5.74, 6) is 0. The molecule has 0 atom stereocenters. The Hall–Kier alpha value is -2.34. The van der Waals surface area contributed by atoms with Gasteiger partial charge in [-0.3, -0.25) is 0 Å². The van der Waals surface area contributed by atoms with Crippen molar-refractivity contribution in [1.82, 2.24) is 0 Å². The molecular formula is C24H26. The van der Waals surface area contributed by atoms with Crippen LogP contribution in [0, 0.1) is 0 Å². The molecule has 0 fully saturated rings. The fourth-order valence-corrected chi connectivity index (χ4v) is 3.17. The first kappa shape index (κ1) is 16.5. The van der Waals surface area contributed by atoms with Crippen molar-refractivity contribution in [2.24, 2.45) is 0 Å². The van der Waals surface area contributed by atoms with Gasteiger partial charge in [-0.05, 0) is 53.5 Å². The molecule has 0 saturated heterocycles. The molecule has 3 aromatic carbocycles. The maximum Gasteiger partial charge on any atom is -0.0152 e. The van der Waals surface area contributed by atoms with E-state index in [2.05, 4.69) is 85.8 Å². The summed E-state index contributed by atoms with van der Waals surface area (Å²) in [5.41, 5.74) is 6.99. The zero-order valence-corrected chi connectivity index (χ0v) is 14.5. The maximum atomic E-state index is 2.30. The van der Waals surface area contributed by atoms with Gasteiger partial charge in [0, 0.05) is 0 Å². The van der Waals surface area contributed by atoms with E-state index in [-0.39, 0.29) is 0 Å². The summed E-state index contributed by atoms with van der Waals surface area (Å²) in [6, 6.07) is 28.7. The minimum atomic E-state index is 1.08. The van der Waals surface area contributed by atoms with Gasteiger partial charge in [0.2, 0.25) is 0 Å². The molecule has 3 aromatic rings. The molecule has 0 aliphatic carbocycles. The van der Waals surface area contributed by atoms with Crippen LogP contribution in [-0.2, 0) is 19.3 Å². The predicted molar refractivity (Wildman–Crippen MR) is 104 cm³/mol. The quantitative estimate of drug-likeness (QED) is 0.468. The molecule has 0 amide bonds. The molecule has 0 heterocycles. The zero-order valence-electron chi connectivity index (χ0n) is 14.5. The SMILES string of the molecule is CCCCc1ccc(CCc2ccccc2-c2ccccc2)cc1. The van der Waals surface area contributed by atoms with E-state index in [0.717, 1.165) is 12.8 Å². The Morgan fingerprint density at radius 1 is 0.583 bits per heavy atom. The summed E-state index contributed by atoms with van der Waals surface area (Å²) in [6.07, 6.45) is 5.92. The van der Waals surface area contributed by atoms with Gasteiger partial charge in [-0.2, -0.15) is 0 Å². The van der Waals surface area contributed by atoms with Crippen molar-refractivity contribution in [3.8, 4) is 11.1 Å². The summed E-state index contributed by atoms with van der Waals surface area (Å²) < 4.78 is 0. The molecule has 122 valence electrons. The Morgan fingerprint density at radius 3 is 1.92 bits per heavy atom. The third kappa shape index (κ3) is 4.35. The van der Waals surface area contributed by atoms with E-state index in [1.54, 1.807) is 0 Å². The van der Waals surface area contributed by atoms with Gasteiger partial charge >= 0.3 is 0 Å². The van der Waals surface area contributed by atoms with Crippen molar-refractivity contribution in [3.63, 3.8) is 0 Å². The van der Waals surface area contributed by atoms with E-state index < -0.39 is 0 Å². The van der Waals surface area contributed by atoms with Gasteiger partial charge in [-0.1, -0.05) is 92.2 Å². The van der Waals surface area contributed by atoms with Crippen LogP contribution in [0.25, 0.3) is 11.1 Å². The predicted octanol–water partition coefficient (Wildman–Crippen LogP) is 6.48. The third-order valence-corrected chi connectivity index (χ3v) is 4.63. The van der Waals surface area contributed by atoms with Crippen LogP contribution in [0.3, 0.4) is 0 Å². The summed E-state index contributed by atoms with van der Waals surface area (Å²) in [6.45, 7) is 2.25. The van der Waals surface area contributed by atoms with Crippen LogP contribution < -0.4 is 0 Å². The highest BCUT2D eigenvalue weighted by molar-refractivity contribution is 5.67. The molecule has 0 heteroatoms. The van der Waals surface area contributed by atoms with Gasteiger partial charge in [0.25, 0.3) is 0 Å². The highest BCUT2D eigenvalue weighted by Crippen LogP contribution is 2.24. The molecule has 0 aliphatic heterocycles. The molecule has 0 saturated carbocycles. The third-order valence-electron chi connectivity index (χ3n) is 4.63. The second kappa shape index (κ2) is 8.49. The minimum absolute atomic E-state index is 1.08. The van der Waals surface area contributed by atoms with Crippen LogP contribution in [0.1, 0.15) is 36.5 Å². The molecule has 3 rings (SSSR count). The lowest BCUT2D eigenvalue weighted by Crippen LogP contribution is -1.95. The molecule has 0 bridgehead atoms. The molecule has 0 aliphatic rings. The fraction of sp³-hybridized carbons (Fsp3) is 0.250. The van der Waals surface area contributed by atoms with E-state index in [4.69, 9.17) is 0 Å². The standard InChI is InChI=1S/C24H26/c1-2-3-9-20-14-16-21(17-15-20)18-19-23-12-7-8-13-24(23)22-10-5-4-6-11-22/h4-8,10-17H,2-3,9,18-19H2,1H3. The Bertz CT molecular complexity index is 739. The van der Waals surface area contributed by atoms with Crippen molar-refractivity contribution < 1.29 is 0 Å². The summed E-state index contributed by atoms with van der Waals surface area (Å²) in [4.78, 5) is 0. The number of aryl methyl sites for hydroxylation is 3. The average molecular weight is 314 g/mol. The number of hydrogen-bond acceptors (Lipinski definition) is 0. The van der Waals surface area contributed by atoms with Crippen LogP contribution in [0.4, 0.5) is 0 Å². The van der Waals surface area contributed by atoms with Gasteiger partial charge in [0.1, 0.15) is 0 Å². The molecule has 0 N–H and O–H groups in total. The van der Waals surface area contributed by atoms with E-state index in [0.29, 0.717) is 0 Å². The summed E-state index contributed by atoms with van der Waals surface area (Å²) in [7, 11) is 0. The van der Waals surface area contributed by atoms with Crippen LogP contribution >= 0.6 is 0 Å². The highest BCUT2D eigenvalue weighted by atomic mass is 14.1. The molecule has 0 unspecified atom stereocenters. The van der Waals surface area contributed by atoms with Crippen LogP contribution in [0.5, 0.6) is 0 Å². The number of rotatable bonds is 7. The van der Waals surface area contributed by atoms with Gasteiger partial charge in [-0.15, -0.1) is 0 Å². The first-order chi connectivity index (χ1) is 11.9. The van der Waals surface area contributed by atoms with Crippen molar-refractivity contribution in [3.05, 3.63) is 95.6 Å². The van der Waals surface area contributed by atoms with Crippen molar-refractivity contribution in [2.45, 2.75) is 39.0 Å². The first-order valence-corrected chi connectivity index (χ1v) is 9.08. The number of benzene rings is 3. The van der Waals surface area contributed by atoms with E-state index in [1.165, 1.54) is 47.1 Å². The van der Waals surface area contributed by atoms with Crippen LogP contribution in [0.2, 0.25) is 0 Å². The van der Waals surface area contributed by atoms with Gasteiger partial charge in [-0.25, -0.2) is 0 Å². The Labute approximate surface area is 146 Å². The van der Waals surface area contributed by atoms with E-state index in [9.17, 15) is 0 Å². The van der Waals surface area contributed by atoms with Crippen molar-refractivity contribution in [2.75, 3.05) is 0 Å². The largest absolute Gasteiger partial charge is 0.0654 e. The Kier molecular flexibility index (Phi) is 5.85. The maximum absolute atomic E-state index is 2.30. The first-order valence-electron chi connectivity index (χ1n) is 9.08. The van der Waals surface area contributed by atoms with E-state index in [1.807, 2.05) is 0 Å². The van der Waals surface area contributed by atoms with Crippen LogP contribution in [-0.4, -0.2) is 0 Å². The zero-order chi connectivity index (χ0) is 16.6. The van der Waals surface area contributed by atoms with Gasteiger partial charge in [0.05, 0.1) is 0 Å². The molecular weight excluding hydrogens is 288 g/mol. The Balaban J connectivity index is 1.69. The smallest absolute Gasteiger partial charge is 0.0152 e. The fourth-order valence-electron chi connectivity index (χ4n) is 3.17. The highest BCUT2D eigenvalue weighted by Gasteiger charge is 2.04. The van der Waals surface area contributed by atoms with Crippen molar-refractivity contribution in [1.29, 1.82) is 0 Å². The Morgan fingerprint density at radius 2 is 1.21 bits per heavy atom. The van der Waals surface area contributed by atoms with E-state index >= 15 is 0 Å². The molecule has 0 aromatic heterocycles. The lowest BCUT2D eigenvalue weighted by molar-refractivity contribution is 0.794. The second-order valence-corrected chi connectivity index (χ2v) is 6.44. The molecule has 0 radical (unpaired) electrons. The average Bonchev–Trinajstić information content (AvgIpc) is 2.66. The molecule has 24 heavy (non-hydrogen) atoms. The molecule has 0 nitrogen and oxygen atoms in total.